The molecule has 5 aliphatic carbocycles. The van der Waals surface area contributed by atoms with Gasteiger partial charge in [0.15, 0.2) is 5.78 Å². The van der Waals surface area contributed by atoms with Crippen LogP contribution in [-0.4, -0.2) is 63.9 Å². The predicted molar refractivity (Wildman–Crippen MR) is 179 cm³/mol. The molecule has 1 aromatic heterocycles. The molecule has 4 heterocycles. The van der Waals surface area contributed by atoms with Gasteiger partial charge in [0.2, 0.25) is 0 Å². The highest BCUT2D eigenvalue weighted by Gasteiger charge is 2.84. The molecule has 1 aromatic rings. The standard InChI is InChI=1S/C40H55NO6/c1-20-10-11-27-29(21(2)16-25-30(31(20)42)22(3)47-35(25,4)5)24-17-23-12-15-40(43)37(8,38(23,9)33(24)41-27)14-13-28-39(40)18-26(39)32-34(46-28)36(6,7)45-19-44-32/h10-11,21-23,25-26,28,30,32,34,41,43H,1,12-19H2,2-9H3/b11-10-/t21?,22?,23?,25?,26-,28?,30?,32+,34+,37-,38-,39+,40+/m1/s1. The first-order valence-corrected chi connectivity index (χ1v) is 18.5. The van der Waals surface area contributed by atoms with Crippen molar-refractivity contribution in [2.75, 3.05) is 6.79 Å². The van der Waals surface area contributed by atoms with Gasteiger partial charge >= 0.3 is 0 Å². The van der Waals surface area contributed by atoms with Crippen molar-refractivity contribution in [2.45, 2.75) is 153 Å². The highest BCUT2D eigenvalue weighted by Crippen LogP contribution is 2.81. The second kappa shape index (κ2) is 9.31. The number of Topliss-reactive ketones (excluding diaryl/α,β-unsaturated/α-hetero) is 1. The molecular weight excluding hydrogens is 590 g/mol. The van der Waals surface area contributed by atoms with E-state index < -0.39 is 11.2 Å². The minimum absolute atomic E-state index is 0.0209. The molecule has 256 valence electrons. The Bertz CT molecular complexity index is 1600. The van der Waals surface area contributed by atoms with Crippen LogP contribution in [0.3, 0.4) is 0 Å². The zero-order valence-electron chi connectivity index (χ0n) is 29.7. The van der Waals surface area contributed by atoms with E-state index in [1.807, 2.05) is 6.08 Å². The van der Waals surface area contributed by atoms with Crippen molar-refractivity contribution in [3.05, 3.63) is 40.7 Å². The topological polar surface area (TPSA) is 90.0 Å². The van der Waals surface area contributed by atoms with Crippen molar-refractivity contribution in [2.24, 2.45) is 34.5 Å². The van der Waals surface area contributed by atoms with Gasteiger partial charge in [-0.15, -0.1) is 0 Å². The Morgan fingerprint density at radius 1 is 1.00 bits per heavy atom. The van der Waals surface area contributed by atoms with Crippen LogP contribution in [-0.2, 0) is 35.6 Å². The van der Waals surface area contributed by atoms with E-state index in [9.17, 15) is 9.90 Å². The minimum atomic E-state index is -0.859. The maximum Gasteiger partial charge on any atom is 0.168 e. The minimum Gasteiger partial charge on any atom is -0.389 e. The van der Waals surface area contributed by atoms with Crippen LogP contribution < -0.4 is 0 Å². The van der Waals surface area contributed by atoms with Gasteiger partial charge in [-0.3, -0.25) is 4.79 Å². The number of aliphatic hydroxyl groups is 1. The van der Waals surface area contributed by atoms with Crippen LogP contribution in [0.25, 0.3) is 6.08 Å². The summed E-state index contributed by atoms with van der Waals surface area (Å²) in [5, 5.41) is 13.4. The van der Waals surface area contributed by atoms with Crippen LogP contribution in [0.1, 0.15) is 122 Å². The lowest BCUT2D eigenvalue weighted by molar-refractivity contribution is -0.345. The molecule has 6 fully saturated rings. The molecule has 7 nitrogen and oxygen atoms in total. The summed E-state index contributed by atoms with van der Waals surface area (Å²) in [5.41, 5.74) is 3.34. The number of allylic oxidation sites excluding steroid dienone is 2. The molecule has 3 aliphatic heterocycles. The summed E-state index contributed by atoms with van der Waals surface area (Å²) < 4.78 is 25.7. The third kappa shape index (κ3) is 3.54. The Kier molecular flexibility index (Phi) is 6.19. The van der Waals surface area contributed by atoms with E-state index >= 15 is 0 Å². The van der Waals surface area contributed by atoms with Gasteiger partial charge in [-0.05, 0) is 121 Å². The van der Waals surface area contributed by atoms with Crippen LogP contribution in [0.2, 0.25) is 0 Å². The van der Waals surface area contributed by atoms with E-state index in [4.69, 9.17) is 18.9 Å². The fraction of sp³-hybridized carbons (Fsp3) is 0.775. The number of H-pyrrole nitrogens is 1. The molecule has 13 atom stereocenters. The average Bonchev–Trinajstić information content (AvgIpc) is 3.49. The van der Waals surface area contributed by atoms with E-state index in [1.54, 1.807) is 0 Å². The first-order chi connectivity index (χ1) is 22.0. The fourth-order valence-corrected chi connectivity index (χ4v) is 13.5. The lowest BCUT2D eigenvalue weighted by atomic mass is 9.40. The van der Waals surface area contributed by atoms with Crippen molar-refractivity contribution in [3.63, 3.8) is 0 Å². The Morgan fingerprint density at radius 2 is 1.77 bits per heavy atom. The van der Waals surface area contributed by atoms with Crippen LogP contribution in [0.5, 0.6) is 0 Å². The van der Waals surface area contributed by atoms with Gasteiger partial charge in [-0.25, -0.2) is 0 Å². The van der Waals surface area contributed by atoms with Gasteiger partial charge < -0.3 is 29.0 Å². The van der Waals surface area contributed by atoms with Crippen molar-refractivity contribution in [3.8, 4) is 0 Å². The number of fused-ring (bicyclic) bond motifs is 10. The van der Waals surface area contributed by atoms with E-state index in [1.165, 1.54) is 16.8 Å². The molecule has 1 spiro atoms. The van der Waals surface area contributed by atoms with E-state index in [0.29, 0.717) is 11.5 Å². The molecular formula is C40H55NO6. The molecule has 0 bridgehead atoms. The number of hydrogen-bond donors (Lipinski definition) is 2. The van der Waals surface area contributed by atoms with Gasteiger partial charge in [0.25, 0.3) is 0 Å². The SMILES string of the molecule is C=C1/C=C\c2[nH]c3c(c2C(C)CC2C(C1=O)C(C)OC2(C)C)CC1CC[C@]2(O)[C@](C)(CCC4O[C@H]5[C@@H](OCOC5(C)C)[C@H]5C[C@@]452)[C@@]31C. The third-order valence-corrected chi connectivity index (χ3v) is 16.1. The maximum atomic E-state index is 13.8. The second-order valence-corrected chi connectivity index (χ2v) is 18.5. The molecule has 3 saturated carbocycles. The van der Waals surface area contributed by atoms with Crippen molar-refractivity contribution in [1.82, 2.24) is 4.98 Å². The van der Waals surface area contributed by atoms with Gasteiger partial charge in [-0.2, -0.15) is 0 Å². The number of nitrogens with one attached hydrogen (secondary N) is 1. The van der Waals surface area contributed by atoms with Gasteiger partial charge in [0.1, 0.15) is 12.9 Å². The maximum absolute atomic E-state index is 13.8. The first-order valence-electron chi connectivity index (χ1n) is 18.5. The zero-order valence-corrected chi connectivity index (χ0v) is 29.7. The molecule has 7 heteroatoms. The molecule has 6 unspecified atom stereocenters. The summed E-state index contributed by atoms with van der Waals surface area (Å²) in [6, 6.07) is 0. The quantitative estimate of drug-likeness (QED) is 0.303. The Morgan fingerprint density at radius 3 is 2.53 bits per heavy atom. The summed E-state index contributed by atoms with van der Waals surface area (Å²) in [6.07, 6.45) is 10.3. The number of rotatable bonds is 0. The number of carbonyl (C=O) groups is 1. The molecule has 9 rings (SSSR count). The number of carbonyl (C=O) groups excluding carboxylic acids is 1. The summed E-state index contributed by atoms with van der Waals surface area (Å²) in [4.78, 5) is 17.8. The number of hydrogen-bond acceptors (Lipinski definition) is 6. The monoisotopic (exact) mass is 645 g/mol. The smallest absolute Gasteiger partial charge is 0.168 e. The van der Waals surface area contributed by atoms with Crippen molar-refractivity contribution >= 4 is 11.9 Å². The highest BCUT2D eigenvalue weighted by molar-refractivity contribution is 6.00. The largest absolute Gasteiger partial charge is 0.389 e. The summed E-state index contributed by atoms with van der Waals surface area (Å²) in [6.45, 7) is 22.4. The highest BCUT2D eigenvalue weighted by atomic mass is 16.7. The number of ketones is 1. The Labute approximate surface area is 280 Å². The molecule has 0 aromatic carbocycles. The van der Waals surface area contributed by atoms with Gasteiger partial charge in [-0.1, -0.05) is 27.4 Å². The first kappa shape index (κ1) is 31.2. The molecule has 3 saturated heterocycles. The molecule has 0 radical (unpaired) electrons. The van der Waals surface area contributed by atoms with Crippen LogP contribution in [0.15, 0.2) is 18.2 Å². The lowest BCUT2D eigenvalue weighted by Crippen LogP contribution is -2.74. The van der Waals surface area contributed by atoms with Crippen molar-refractivity contribution < 1.29 is 28.8 Å². The predicted octanol–water partition coefficient (Wildman–Crippen LogP) is 6.77. The summed E-state index contributed by atoms with van der Waals surface area (Å²) in [7, 11) is 0. The zero-order chi connectivity index (χ0) is 33.3. The third-order valence-electron chi connectivity index (χ3n) is 16.1. The second-order valence-electron chi connectivity index (χ2n) is 18.5. The van der Waals surface area contributed by atoms with Crippen LogP contribution in [0, 0.1) is 34.5 Å². The van der Waals surface area contributed by atoms with Crippen LogP contribution >= 0.6 is 0 Å². The molecule has 0 amide bonds. The van der Waals surface area contributed by atoms with E-state index in [0.717, 1.165) is 50.6 Å². The number of aromatic amines is 1. The van der Waals surface area contributed by atoms with Crippen LogP contribution in [0.4, 0.5) is 0 Å². The summed E-state index contributed by atoms with van der Waals surface area (Å²) >= 11 is 0. The van der Waals surface area contributed by atoms with E-state index in [-0.39, 0.29) is 82.5 Å². The normalized spacial score (nSPS) is 52.5. The lowest BCUT2D eigenvalue weighted by Gasteiger charge is -2.68. The molecule has 47 heavy (non-hydrogen) atoms. The average molecular weight is 646 g/mol. The molecule has 8 aliphatic rings. The number of ether oxygens (including phenoxy) is 4. The van der Waals surface area contributed by atoms with E-state index in [2.05, 4.69) is 73.0 Å². The molecule has 2 N–H and O–H groups in total. The van der Waals surface area contributed by atoms with Crippen molar-refractivity contribution in [1.29, 1.82) is 0 Å². The summed E-state index contributed by atoms with van der Waals surface area (Å²) in [5.74, 6) is 1.04. The van der Waals surface area contributed by atoms with Gasteiger partial charge in [0.05, 0.1) is 41.0 Å². The number of aromatic nitrogens is 1. The Balaban J connectivity index is 1.13. The fourth-order valence-electron chi connectivity index (χ4n) is 13.5. The Hall–Kier alpha value is -1.77. The van der Waals surface area contributed by atoms with Gasteiger partial charge in [0, 0.05) is 39.1 Å².